The Morgan fingerprint density at radius 3 is 2.44 bits per heavy atom. The van der Waals surface area contributed by atoms with Crippen molar-refractivity contribution in [3.05, 3.63) is 29.3 Å². The second kappa shape index (κ2) is 10.3. The van der Waals surface area contributed by atoms with Crippen LogP contribution < -0.4 is 4.57 Å². The number of terminal acetylenes is 1. The van der Waals surface area contributed by atoms with E-state index >= 15 is 0 Å². The molecule has 9 heteroatoms. The summed E-state index contributed by atoms with van der Waals surface area (Å²) >= 11 is 1.75. The van der Waals surface area contributed by atoms with Gasteiger partial charge in [0, 0.05) is 18.4 Å². The van der Waals surface area contributed by atoms with Crippen LogP contribution in [0.3, 0.4) is 0 Å². The fourth-order valence-corrected chi connectivity index (χ4v) is 2.99. The molecular weight excluding hydrogens is 399 g/mol. The molecular formula is C18H18F3NO3S2. The minimum atomic E-state index is -6.09. The quantitative estimate of drug-likeness (QED) is 0.250. The normalized spacial score (nSPS) is 11.1. The number of hydrogen-bond donors (Lipinski definition) is 0. The summed E-state index contributed by atoms with van der Waals surface area (Å²) in [4.78, 5) is 0. The maximum Gasteiger partial charge on any atom is 0.485 e. The number of aromatic nitrogens is 1. The van der Waals surface area contributed by atoms with Gasteiger partial charge in [-0.25, -0.2) is 8.42 Å². The van der Waals surface area contributed by atoms with Gasteiger partial charge in [0.05, 0.1) is 6.42 Å². The van der Waals surface area contributed by atoms with Crippen LogP contribution in [0.4, 0.5) is 13.2 Å². The lowest BCUT2D eigenvalue weighted by atomic mass is 10.2. The molecule has 0 saturated heterocycles. The molecule has 2 aromatic rings. The van der Waals surface area contributed by atoms with Crippen molar-refractivity contribution in [1.82, 2.24) is 0 Å². The molecule has 1 aromatic heterocycles. The highest BCUT2D eigenvalue weighted by molar-refractivity contribution is 7.86. The third-order valence-corrected chi connectivity index (χ3v) is 4.87. The molecule has 0 fully saturated rings. The SMILES string of the molecule is C#CCC[n+]1c(C#CCCCC)sc2ccccc21.O=S(=O)([O-])C(F)(F)F. The van der Waals surface area contributed by atoms with Gasteiger partial charge in [-0.3, -0.25) is 0 Å². The molecule has 1 heterocycles. The number of para-hydroxylation sites is 1. The maximum atomic E-state index is 10.7. The van der Waals surface area contributed by atoms with Crippen LogP contribution in [0.5, 0.6) is 0 Å². The number of benzene rings is 1. The Labute approximate surface area is 160 Å². The summed E-state index contributed by atoms with van der Waals surface area (Å²) in [6.45, 7) is 3.03. The average molecular weight is 417 g/mol. The van der Waals surface area contributed by atoms with Crippen LogP contribution in [-0.4, -0.2) is 18.5 Å². The number of unbranched alkanes of at least 4 members (excludes halogenated alkanes) is 2. The van der Waals surface area contributed by atoms with Crippen molar-refractivity contribution in [1.29, 1.82) is 0 Å². The molecule has 1 aromatic carbocycles. The zero-order chi connectivity index (χ0) is 20.5. The van der Waals surface area contributed by atoms with Crippen molar-refractivity contribution < 1.29 is 30.7 Å². The van der Waals surface area contributed by atoms with Crippen LogP contribution >= 0.6 is 11.3 Å². The number of thiazole rings is 1. The third kappa shape index (κ3) is 7.22. The molecule has 0 amide bonds. The second-order valence-corrected chi connectivity index (χ2v) is 7.69. The van der Waals surface area contributed by atoms with Crippen LogP contribution in [0.25, 0.3) is 10.2 Å². The maximum absolute atomic E-state index is 10.7. The molecule has 0 saturated carbocycles. The van der Waals surface area contributed by atoms with Crippen molar-refractivity contribution in [2.45, 2.75) is 44.7 Å². The van der Waals surface area contributed by atoms with E-state index < -0.39 is 15.6 Å². The van der Waals surface area contributed by atoms with E-state index in [9.17, 15) is 13.2 Å². The van der Waals surface area contributed by atoms with Gasteiger partial charge in [-0.05, 0) is 12.5 Å². The lowest BCUT2D eigenvalue weighted by molar-refractivity contribution is -0.668. The molecule has 0 aliphatic carbocycles. The van der Waals surface area contributed by atoms with Gasteiger partial charge >= 0.3 is 10.5 Å². The zero-order valence-corrected chi connectivity index (χ0v) is 16.2. The topological polar surface area (TPSA) is 61.1 Å². The molecule has 0 atom stereocenters. The van der Waals surface area contributed by atoms with Gasteiger partial charge < -0.3 is 4.55 Å². The van der Waals surface area contributed by atoms with E-state index in [-0.39, 0.29) is 0 Å². The number of rotatable bonds is 4. The second-order valence-electron chi connectivity index (χ2n) is 5.29. The van der Waals surface area contributed by atoms with Crippen LogP contribution in [-0.2, 0) is 16.7 Å². The van der Waals surface area contributed by atoms with Crippen LogP contribution in [0, 0.1) is 24.2 Å². The Morgan fingerprint density at radius 1 is 1.26 bits per heavy atom. The van der Waals surface area contributed by atoms with Gasteiger partial charge in [-0.15, -0.1) is 12.3 Å². The van der Waals surface area contributed by atoms with Crippen LogP contribution in [0.15, 0.2) is 24.3 Å². The standard InChI is InChI=1S/C17H18NS.CHF3O3S/c1-3-5-7-8-13-17-18(14-6-4-2)15-11-9-10-12-16(15)19-17;2-1(3,4)8(5,6)7/h2,9-12H,3,5-7,14H2,1H3;(H,5,6,7)/q+1;/p-1. The summed E-state index contributed by atoms with van der Waals surface area (Å²) in [6.07, 6.45) is 9.46. The molecule has 0 spiro atoms. The number of halogens is 3. The summed E-state index contributed by atoms with van der Waals surface area (Å²) < 4.78 is 62.4. The number of fused-ring (bicyclic) bond motifs is 1. The van der Waals surface area contributed by atoms with Gasteiger partial charge in [0.1, 0.15) is 4.70 Å². The zero-order valence-electron chi connectivity index (χ0n) is 14.5. The van der Waals surface area contributed by atoms with E-state index in [1.54, 1.807) is 11.3 Å². The fourth-order valence-electron chi connectivity index (χ4n) is 1.93. The highest BCUT2D eigenvalue weighted by Gasteiger charge is 2.36. The van der Waals surface area contributed by atoms with Crippen molar-refractivity contribution in [2.24, 2.45) is 0 Å². The van der Waals surface area contributed by atoms with E-state index in [4.69, 9.17) is 19.4 Å². The Kier molecular flexibility index (Phi) is 8.77. The summed E-state index contributed by atoms with van der Waals surface area (Å²) in [5.74, 6) is 9.29. The highest BCUT2D eigenvalue weighted by atomic mass is 32.2. The Morgan fingerprint density at radius 2 is 1.89 bits per heavy atom. The van der Waals surface area contributed by atoms with Gasteiger partial charge in [0.2, 0.25) is 5.52 Å². The number of aryl methyl sites for hydroxylation is 1. The predicted octanol–water partition coefficient (Wildman–Crippen LogP) is 3.81. The molecule has 0 radical (unpaired) electrons. The monoisotopic (exact) mass is 417 g/mol. The highest BCUT2D eigenvalue weighted by Crippen LogP contribution is 2.20. The predicted molar refractivity (Wildman–Crippen MR) is 97.6 cm³/mol. The Balaban J connectivity index is 0.000000387. The number of alkyl halides is 3. The van der Waals surface area contributed by atoms with E-state index in [1.165, 1.54) is 23.1 Å². The first-order chi connectivity index (χ1) is 12.6. The lowest BCUT2D eigenvalue weighted by Crippen LogP contribution is -2.35. The fraction of sp³-hybridized carbons (Fsp3) is 0.389. The molecule has 0 N–H and O–H groups in total. The summed E-state index contributed by atoms with van der Waals surface area (Å²) in [5, 5.41) is 1.12. The van der Waals surface area contributed by atoms with Gasteiger partial charge in [0.25, 0.3) is 0 Å². The summed E-state index contributed by atoms with van der Waals surface area (Å²) in [6, 6.07) is 8.41. The minimum Gasteiger partial charge on any atom is -0.741 e. The van der Waals surface area contributed by atoms with Crippen molar-refractivity contribution in [3.63, 3.8) is 0 Å². The molecule has 4 nitrogen and oxygen atoms in total. The van der Waals surface area contributed by atoms with Crippen molar-refractivity contribution >= 4 is 31.7 Å². The molecule has 0 aliphatic heterocycles. The molecule has 0 bridgehead atoms. The molecule has 27 heavy (non-hydrogen) atoms. The van der Waals surface area contributed by atoms with Crippen LogP contribution in [0.2, 0.25) is 0 Å². The summed E-state index contributed by atoms with van der Waals surface area (Å²) in [7, 11) is -6.09. The van der Waals surface area contributed by atoms with Crippen LogP contribution in [0.1, 0.15) is 37.6 Å². The van der Waals surface area contributed by atoms with Crippen molar-refractivity contribution in [2.75, 3.05) is 0 Å². The van der Waals surface area contributed by atoms with E-state index in [0.29, 0.717) is 0 Å². The Bertz CT molecular complexity index is 962. The van der Waals surface area contributed by atoms with E-state index in [2.05, 4.69) is 53.5 Å². The molecule has 0 aliphatic rings. The minimum absolute atomic E-state index is 0.745. The summed E-state index contributed by atoms with van der Waals surface area (Å²) in [5.41, 5.74) is -4.41. The van der Waals surface area contributed by atoms with Gasteiger partial charge in [-0.2, -0.15) is 17.7 Å². The largest absolute Gasteiger partial charge is 0.741 e. The smallest absolute Gasteiger partial charge is 0.485 e. The number of hydrogen-bond acceptors (Lipinski definition) is 4. The van der Waals surface area contributed by atoms with Crippen molar-refractivity contribution in [3.8, 4) is 24.2 Å². The molecule has 146 valence electrons. The van der Waals surface area contributed by atoms with Gasteiger partial charge in [0.15, 0.2) is 16.7 Å². The molecule has 0 unspecified atom stereocenters. The molecule has 2 rings (SSSR count). The Hall–Kier alpha value is -2.07. The average Bonchev–Trinajstić information content (AvgIpc) is 2.93. The number of nitrogens with zero attached hydrogens (tertiary/aromatic N) is 1. The van der Waals surface area contributed by atoms with E-state index in [0.717, 1.165) is 24.4 Å². The first-order valence-electron chi connectivity index (χ1n) is 7.97. The first-order valence-corrected chi connectivity index (χ1v) is 10.2. The first kappa shape index (κ1) is 23.0. The van der Waals surface area contributed by atoms with Gasteiger partial charge in [-0.1, -0.05) is 42.7 Å². The third-order valence-electron chi connectivity index (χ3n) is 3.22. The van der Waals surface area contributed by atoms with E-state index in [1.807, 2.05) is 0 Å². The lowest BCUT2D eigenvalue weighted by Gasteiger charge is -2.08.